The molecule has 1 aromatic carbocycles. The molecule has 0 bridgehead atoms. The number of hydrogen-bond acceptors (Lipinski definition) is 7. The molecule has 0 unspecified atom stereocenters. The average Bonchev–Trinajstić information content (AvgIpc) is 2.59. The fourth-order valence-electron chi connectivity index (χ4n) is 2.51. The Bertz CT molecular complexity index is 723. The molecule has 1 aliphatic heterocycles. The van der Waals surface area contributed by atoms with Crippen LogP contribution < -0.4 is 4.90 Å². The Labute approximate surface area is 138 Å². The number of methoxy groups -OCH3 is 2. The monoisotopic (exact) mass is 335 g/mol. The molecule has 1 heterocycles. The number of carboxylic acids is 1. The van der Waals surface area contributed by atoms with E-state index in [0.29, 0.717) is 5.56 Å². The molecule has 2 rings (SSSR count). The van der Waals surface area contributed by atoms with Gasteiger partial charge in [-0.1, -0.05) is 12.1 Å². The lowest BCUT2D eigenvalue weighted by atomic mass is 10.0. The minimum Gasteiger partial charge on any atom is -0.478 e. The Morgan fingerprint density at radius 1 is 1.17 bits per heavy atom. The van der Waals surface area contributed by atoms with Crippen LogP contribution in [-0.2, 0) is 23.8 Å². The van der Waals surface area contributed by atoms with Crippen LogP contribution in [0, 0.1) is 6.92 Å². The molecule has 0 saturated carbocycles. The van der Waals surface area contributed by atoms with E-state index < -0.39 is 17.9 Å². The van der Waals surface area contributed by atoms with Gasteiger partial charge in [0.2, 0.25) is 0 Å². The van der Waals surface area contributed by atoms with Crippen molar-refractivity contribution in [3.8, 4) is 0 Å². The van der Waals surface area contributed by atoms with Crippen molar-refractivity contribution in [3.05, 3.63) is 40.6 Å². The Morgan fingerprint density at radius 3 is 2.42 bits per heavy atom. The summed E-state index contributed by atoms with van der Waals surface area (Å²) >= 11 is 0. The van der Waals surface area contributed by atoms with Crippen molar-refractivity contribution >= 4 is 23.6 Å². The fraction of sp³-hybridized carbons (Fsp3) is 0.312. The molecule has 1 N–H and O–H groups in total. The predicted molar refractivity (Wildman–Crippen MR) is 82.5 cm³/mol. The maximum Gasteiger partial charge on any atom is 0.355 e. The lowest BCUT2D eigenvalue weighted by Gasteiger charge is -2.33. The van der Waals surface area contributed by atoms with E-state index in [4.69, 9.17) is 9.47 Å². The van der Waals surface area contributed by atoms with Crippen LogP contribution in [-0.4, -0.2) is 50.6 Å². The van der Waals surface area contributed by atoms with Crippen LogP contribution in [0.3, 0.4) is 0 Å². The summed E-state index contributed by atoms with van der Waals surface area (Å²) < 4.78 is 14.8. The van der Waals surface area contributed by atoms with Gasteiger partial charge >= 0.3 is 17.9 Å². The van der Waals surface area contributed by atoms with E-state index in [1.165, 1.54) is 25.2 Å². The normalized spacial score (nSPS) is 14.4. The van der Waals surface area contributed by atoms with E-state index in [1.54, 1.807) is 19.1 Å². The summed E-state index contributed by atoms with van der Waals surface area (Å²) in [6, 6.07) is 4.70. The van der Waals surface area contributed by atoms with Gasteiger partial charge < -0.3 is 24.2 Å². The molecule has 0 radical (unpaired) electrons. The predicted octanol–water partition coefficient (Wildman–Crippen LogP) is 1.09. The average molecular weight is 335 g/mol. The van der Waals surface area contributed by atoms with Crippen LogP contribution in [0.2, 0.25) is 0 Å². The summed E-state index contributed by atoms with van der Waals surface area (Å²) in [5, 5.41) is 9.43. The van der Waals surface area contributed by atoms with Crippen molar-refractivity contribution in [1.82, 2.24) is 0 Å². The second kappa shape index (κ2) is 7.14. The van der Waals surface area contributed by atoms with E-state index in [1.807, 2.05) is 0 Å². The zero-order valence-electron chi connectivity index (χ0n) is 13.5. The highest BCUT2D eigenvalue weighted by atomic mass is 16.5. The third kappa shape index (κ3) is 3.09. The van der Waals surface area contributed by atoms with Crippen LogP contribution in [0.25, 0.3) is 0 Å². The minimum atomic E-state index is -1.16. The lowest BCUT2D eigenvalue weighted by molar-refractivity contribution is -0.140. The summed E-state index contributed by atoms with van der Waals surface area (Å²) in [6.07, 6.45) is 0. The molecular weight excluding hydrogens is 318 g/mol. The molecule has 0 amide bonds. The molecule has 0 spiro atoms. The summed E-state index contributed by atoms with van der Waals surface area (Å²) in [4.78, 5) is 37.1. The van der Waals surface area contributed by atoms with Gasteiger partial charge in [0.25, 0.3) is 0 Å². The number of nitrogens with zero attached hydrogens (tertiary/aromatic N) is 1. The van der Waals surface area contributed by atoms with Gasteiger partial charge in [-0.25, -0.2) is 14.4 Å². The van der Waals surface area contributed by atoms with Gasteiger partial charge in [0.1, 0.15) is 12.4 Å². The van der Waals surface area contributed by atoms with Crippen molar-refractivity contribution in [2.75, 3.05) is 32.5 Å². The third-order valence-electron chi connectivity index (χ3n) is 3.57. The highest BCUT2D eigenvalue weighted by molar-refractivity contribution is 6.05. The molecular formula is C16H17NO7. The topological polar surface area (TPSA) is 102 Å². The molecule has 8 nitrogen and oxygen atoms in total. The first kappa shape index (κ1) is 17.5. The number of rotatable bonds is 4. The highest BCUT2D eigenvalue weighted by Crippen LogP contribution is 2.32. The van der Waals surface area contributed by atoms with Crippen molar-refractivity contribution in [2.45, 2.75) is 6.92 Å². The van der Waals surface area contributed by atoms with E-state index in [2.05, 4.69) is 4.74 Å². The van der Waals surface area contributed by atoms with Crippen LogP contribution in [0.4, 0.5) is 5.69 Å². The number of ether oxygens (including phenoxy) is 3. The smallest absolute Gasteiger partial charge is 0.355 e. The number of aromatic carboxylic acids is 1. The second-order valence-electron chi connectivity index (χ2n) is 4.99. The van der Waals surface area contributed by atoms with Crippen LogP contribution in [0.15, 0.2) is 29.5 Å². The SMILES string of the molecule is COC(=O)C1=C(C(=O)OC)N(c2c(C)cccc2C(=O)O)COC1. The van der Waals surface area contributed by atoms with Crippen LogP contribution in [0.5, 0.6) is 0 Å². The van der Waals surface area contributed by atoms with Gasteiger partial charge in [-0.15, -0.1) is 0 Å². The van der Waals surface area contributed by atoms with E-state index >= 15 is 0 Å². The van der Waals surface area contributed by atoms with Crippen LogP contribution in [0.1, 0.15) is 15.9 Å². The van der Waals surface area contributed by atoms with Gasteiger partial charge in [-0.05, 0) is 18.6 Å². The molecule has 128 valence electrons. The maximum absolute atomic E-state index is 12.2. The number of benzene rings is 1. The van der Waals surface area contributed by atoms with Gasteiger partial charge in [-0.2, -0.15) is 0 Å². The summed E-state index contributed by atoms with van der Waals surface area (Å²) in [7, 11) is 2.35. The molecule has 0 aliphatic carbocycles. The molecule has 0 saturated heterocycles. The number of hydrogen-bond donors (Lipinski definition) is 1. The van der Waals surface area contributed by atoms with Crippen LogP contribution >= 0.6 is 0 Å². The molecule has 24 heavy (non-hydrogen) atoms. The zero-order valence-corrected chi connectivity index (χ0v) is 13.5. The van der Waals surface area contributed by atoms with Crippen molar-refractivity contribution < 1.29 is 33.7 Å². The molecule has 0 aromatic heterocycles. The largest absolute Gasteiger partial charge is 0.478 e. The Morgan fingerprint density at radius 2 is 1.83 bits per heavy atom. The minimum absolute atomic E-state index is 0.0221. The zero-order chi connectivity index (χ0) is 17.9. The van der Waals surface area contributed by atoms with E-state index in [9.17, 15) is 19.5 Å². The molecule has 1 aliphatic rings. The fourth-order valence-corrected chi connectivity index (χ4v) is 2.51. The van der Waals surface area contributed by atoms with Gasteiger partial charge in [0, 0.05) is 0 Å². The third-order valence-corrected chi connectivity index (χ3v) is 3.57. The number of carbonyl (C=O) groups excluding carboxylic acids is 2. The lowest BCUT2D eigenvalue weighted by Crippen LogP contribution is -2.39. The van der Waals surface area contributed by atoms with E-state index in [-0.39, 0.29) is 35.9 Å². The molecule has 0 atom stereocenters. The number of carbonyl (C=O) groups is 3. The Kier molecular flexibility index (Phi) is 5.20. The highest BCUT2D eigenvalue weighted by Gasteiger charge is 2.34. The van der Waals surface area contributed by atoms with Crippen molar-refractivity contribution in [3.63, 3.8) is 0 Å². The van der Waals surface area contributed by atoms with Gasteiger partial charge in [0.05, 0.1) is 37.7 Å². The van der Waals surface area contributed by atoms with Gasteiger partial charge in [-0.3, -0.25) is 0 Å². The quantitative estimate of drug-likeness (QED) is 0.816. The van der Waals surface area contributed by atoms with Gasteiger partial charge in [0.15, 0.2) is 0 Å². The molecule has 1 aromatic rings. The molecule has 8 heteroatoms. The first-order valence-electron chi connectivity index (χ1n) is 7.00. The first-order valence-corrected chi connectivity index (χ1v) is 7.00. The van der Waals surface area contributed by atoms with Crippen molar-refractivity contribution in [1.29, 1.82) is 0 Å². The van der Waals surface area contributed by atoms with E-state index in [0.717, 1.165) is 0 Å². The number of carboxylic acid groups (broad SMARTS) is 1. The first-order chi connectivity index (χ1) is 11.4. The van der Waals surface area contributed by atoms with Crippen molar-refractivity contribution in [2.24, 2.45) is 0 Å². The number of aryl methyl sites for hydroxylation is 1. The number of para-hydroxylation sites is 1. The maximum atomic E-state index is 12.2. The number of anilines is 1. The second-order valence-corrected chi connectivity index (χ2v) is 4.99. The summed E-state index contributed by atoms with van der Waals surface area (Å²) in [6.45, 7) is 1.46. The Balaban J connectivity index is 2.71. The summed E-state index contributed by atoms with van der Waals surface area (Å²) in [5.74, 6) is -2.69. The summed E-state index contributed by atoms with van der Waals surface area (Å²) in [5.41, 5.74) is 0.714. The standard InChI is InChI=1S/C16H17NO7/c1-9-5-4-6-10(14(18)19)12(9)17-8-24-7-11(15(20)22-2)13(17)16(21)23-3/h4-6H,7-8H2,1-3H3,(H,18,19). The number of esters is 2. The molecule has 0 fully saturated rings. The Hall–Kier alpha value is -2.87.